The van der Waals surface area contributed by atoms with Crippen LogP contribution in [-0.4, -0.2) is 10.2 Å². The van der Waals surface area contributed by atoms with Gasteiger partial charge in [0.15, 0.2) is 0 Å². The molecule has 2 heterocycles. The van der Waals surface area contributed by atoms with E-state index in [0.29, 0.717) is 11.8 Å². The van der Waals surface area contributed by atoms with Crippen molar-refractivity contribution in [2.24, 2.45) is 23.7 Å². The zero-order chi connectivity index (χ0) is 32.8. The Labute approximate surface area is 297 Å². The highest BCUT2D eigenvalue weighted by Crippen LogP contribution is 2.69. The molecule has 7 aromatic rings. The maximum atomic E-state index is 4.68. The van der Waals surface area contributed by atoms with Crippen LogP contribution in [-0.2, 0) is 5.41 Å². The molecule has 0 radical (unpaired) electrons. The number of anilines is 3. The van der Waals surface area contributed by atoms with E-state index in [1.165, 1.54) is 71.1 Å². The molecule has 0 unspecified atom stereocenters. The Bertz CT molecular complexity index is 2380. The number of para-hydroxylation sites is 2. The van der Waals surface area contributed by atoms with Gasteiger partial charge in [0.1, 0.15) is 10.0 Å². The van der Waals surface area contributed by atoms with Crippen molar-refractivity contribution in [3.63, 3.8) is 0 Å². The van der Waals surface area contributed by atoms with E-state index in [2.05, 4.69) is 149 Å². The number of fused-ring (bicyclic) bond motifs is 3. The van der Waals surface area contributed by atoms with E-state index in [1.54, 1.807) is 22.5 Å². The van der Waals surface area contributed by atoms with Crippen molar-refractivity contribution in [2.45, 2.75) is 37.5 Å². The van der Waals surface area contributed by atoms with Crippen LogP contribution in [0, 0.1) is 23.7 Å². The van der Waals surface area contributed by atoms with Gasteiger partial charge in [0, 0.05) is 22.2 Å². The van der Waals surface area contributed by atoms with Crippen molar-refractivity contribution < 1.29 is 0 Å². The van der Waals surface area contributed by atoms with Crippen LogP contribution < -0.4 is 4.90 Å². The zero-order valence-electron chi connectivity index (χ0n) is 27.9. The maximum Gasteiger partial charge on any atom is 0.148 e. The fourth-order valence-corrected chi connectivity index (χ4v) is 11.8. The highest BCUT2D eigenvalue weighted by molar-refractivity contribution is 7.18. The van der Waals surface area contributed by atoms with Crippen molar-refractivity contribution >= 4 is 39.2 Å². The molecule has 5 aliphatic rings. The van der Waals surface area contributed by atoms with Crippen molar-refractivity contribution in [3.05, 3.63) is 151 Å². The van der Waals surface area contributed by atoms with Gasteiger partial charge in [0.25, 0.3) is 0 Å². The lowest BCUT2D eigenvalue weighted by atomic mass is 9.41. The van der Waals surface area contributed by atoms with E-state index >= 15 is 0 Å². The average Bonchev–Trinajstić information content (AvgIpc) is 3.66. The molecular formula is C46H37N3S. The Hall–Kier alpha value is -5.06. The van der Waals surface area contributed by atoms with Gasteiger partial charge in [0.2, 0.25) is 0 Å². The predicted molar refractivity (Wildman–Crippen MR) is 206 cm³/mol. The van der Waals surface area contributed by atoms with Crippen LogP contribution in [0.15, 0.2) is 140 Å². The number of aromatic nitrogens is 2. The van der Waals surface area contributed by atoms with Gasteiger partial charge in [-0.1, -0.05) is 127 Å². The van der Waals surface area contributed by atoms with Gasteiger partial charge in [-0.3, -0.25) is 0 Å². The van der Waals surface area contributed by atoms with Crippen LogP contribution >= 0.6 is 11.3 Å². The molecule has 50 heavy (non-hydrogen) atoms. The molecule has 4 heteroatoms. The van der Waals surface area contributed by atoms with Crippen molar-refractivity contribution in [1.29, 1.82) is 0 Å². The van der Waals surface area contributed by atoms with E-state index < -0.39 is 0 Å². The van der Waals surface area contributed by atoms with Crippen LogP contribution in [0.1, 0.15) is 43.2 Å². The Morgan fingerprint density at radius 2 is 1.10 bits per heavy atom. The third-order valence-corrected chi connectivity index (χ3v) is 13.6. The second-order valence-corrected chi connectivity index (χ2v) is 16.1. The number of nitrogens with zero attached hydrogens (tertiary/aromatic N) is 3. The summed E-state index contributed by atoms with van der Waals surface area (Å²) in [6.45, 7) is 0. The molecular weight excluding hydrogens is 627 g/mol. The number of hydrogen-bond donors (Lipinski definition) is 0. The standard InChI is InChI=1S/C46H37N3S/c1-3-11-31(12-4-1)44-47-48-45(50-44)39-21-20-36(37-15-7-8-16-38(37)39)32-19-22-41-43(28-32)49(35-13-5-2-6-14-35)42-18-10-9-17-40(42)46(41)33-24-29-23-30(26-33)27-34(46)25-29/h1-22,28-30,33-34H,23-27H2. The minimum Gasteiger partial charge on any atom is -0.310 e. The molecule has 1 aromatic heterocycles. The van der Waals surface area contributed by atoms with E-state index in [-0.39, 0.29) is 5.41 Å². The van der Waals surface area contributed by atoms with E-state index in [0.717, 1.165) is 33.0 Å². The Morgan fingerprint density at radius 1 is 0.500 bits per heavy atom. The van der Waals surface area contributed by atoms with Crippen molar-refractivity contribution in [2.75, 3.05) is 4.90 Å². The van der Waals surface area contributed by atoms with Crippen LogP contribution in [0.3, 0.4) is 0 Å². The molecule has 4 fully saturated rings. The third kappa shape index (κ3) is 4.09. The van der Waals surface area contributed by atoms with Crippen LogP contribution in [0.4, 0.5) is 17.1 Å². The number of benzene rings is 6. The molecule has 12 rings (SSSR count). The van der Waals surface area contributed by atoms with Crippen LogP contribution in [0.5, 0.6) is 0 Å². The molecule has 0 atom stereocenters. The number of hydrogen-bond acceptors (Lipinski definition) is 4. The minimum absolute atomic E-state index is 0.0728. The first-order valence-corrected chi connectivity index (χ1v) is 19.1. The summed E-state index contributed by atoms with van der Waals surface area (Å²) in [4.78, 5) is 2.56. The molecule has 1 spiro atoms. The first-order chi connectivity index (χ1) is 24.8. The highest BCUT2D eigenvalue weighted by Gasteiger charge is 2.61. The average molecular weight is 664 g/mol. The Balaban J connectivity index is 1.10. The summed E-state index contributed by atoms with van der Waals surface area (Å²) >= 11 is 1.66. The molecule has 1 aliphatic heterocycles. The molecule has 4 saturated carbocycles. The molecule has 0 saturated heterocycles. The van der Waals surface area contributed by atoms with Crippen LogP contribution in [0.25, 0.3) is 43.0 Å². The molecule has 4 aliphatic carbocycles. The van der Waals surface area contributed by atoms with E-state index in [9.17, 15) is 0 Å². The summed E-state index contributed by atoms with van der Waals surface area (Å²) in [6.07, 6.45) is 6.95. The lowest BCUT2D eigenvalue weighted by Gasteiger charge is -2.64. The van der Waals surface area contributed by atoms with E-state index in [1.807, 2.05) is 6.07 Å². The quantitative estimate of drug-likeness (QED) is 0.188. The van der Waals surface area contributed by atoms with Crippen LogP contribution in [0.2, 0.25) is 0 Å². The summed E-state index contributed by atoms with van der Waals surface area (Å²) in [5, 5.41) is 13.6. The topological polar surface area (TPSA) is 29.0 Å². The molecule has 3 nitrogen and oxygen atoms in total. The summed E-state index contributed by atoms with van der Waals surface area (Å²) in [5.74, 6) is 3.23. The summed E-state index contributed by atoms with van der Waals surface area (Å²) in [5.41, 5.74) is 11.9. The second-order valence-electron chi connectivity index (χ2n) is 15.1. The minimum atomic E-state index is 0.0728. The molecule has 242 valence electrons. The third-order valence-electron chi connectivity index (χ3n) is 12.6. The molecule has 0 N–H and O–H groups in total. The fourth-order valence-electron chi connectivity index (χ4n) is 11.0. The highest BCUT2D eigenvalue weighted by atomic mass is 32.1. The maximum absolute atomic E-state index is 4.68. The zero-order valence-corrected chi connectivity index (χ0v) is 28.7. The smallest absolute Gasteiger partial charge is 0.148 e. The first-order valence-electron chi connectivity index (χ1n) is 18.3. The van der Waals surface area contributed by atoms with Gasteiger partial charge in [0.05, 0.1) is 11.4 Å². The first kappa shape index (κ1) is 28.7. The monoisotopic (exact) mass is 663 g/mol. The SMILES string of the molecule is c1ccc(-c2nnc(-c3ccc(-c4ccc5c(c4)N(c4ccccc4)c4ccccc4C54C5CC6CC(C5)CC4C6)c4ccccc34)s2)cc1. The Kier molecular flexibility index (Phi) is 6.31. The normalized spacial score (nSPS) is 24.4. The number of rotatable bonds is 4. The molecule has 6 aromatic carbocycles. The summed E-state index contributed by atoms with van der Waals surface area (Å²) in [7, 11) is 0. The van der Waals surface area contributed by atoms with Gasteiger partial charge in [-0.15, -0.1) is 10.2 Å². The fraction of sp³-hybridized carbons (Fsp3) is 0.217. The predicted octanol–water partition coefficient (Wildman–Crippen LogP) is 12.2. The molecule has 0 amide bonds. The van der Waals surface area contributed by atoms with Crippen molar-refractivity contribution in [1.82, 2.24) is 10.2 Å². The second kappa shape index (κ2) is 11.0. The van der Waals surface area contributed by atoms with E-state index in [4.69, 9.17) is 0 Å². The summed E-state index contributed by atoms with van der Waals surface area (Å²) in [6, 6.07) is 51.7. The van der Waals surface area contributed by atoms with Gasteiger partial charge in [-0.2, -0.15) is 0 Å². The van der Waals surface area contributed by atoms with Gasteiger partial charge >= 0.3 is 0 Å². The van der Waals surface area contributed by atoms with Gasteiger partial charge < -0.3 is 4.90 Å². The van der Waals surface area contributed by atoms with Gasteiger partial charge in [-0.05, 0) is 113 Å². The lowest BCUT2D eigenvalue weighted by molar-refractivity contribution is -0.0419. The van der Waals surface area contributed by atoms with Gasteiger partial charge in [-0.25, -0.2) is 0 Å². The summed E-state index contributed by atoms with van der Waals surface area (Å²) < 4.78 is 0. The lowest BCUT2D eigenvalue weighted by Crippen LogP contribution is -2.57. The largest absolute Gasteiger partial charge is 0.310 e. The Morgan fingerprint density at radius 3 is 1.86 bits per heavy atom. The molecule has 4 bridgehead atoms. The van der Waals surface area contributed by atoms with Crippen molar-refractivity contribution in [3.8, 4) is 32.3 Å².